The molecule has 0 aliphatic carbocycles. The van der Waals surface area contributed by atoms with Gasteiger partial charge < -0.3 is 39.4 Å². The molecule has 0 radical (unpaired) electrons. The fourth-order valence-electron chi connectivity index (χ4n) is 7.22. The summed E-state index contributed by atoms with van der Waals surface area (Å²) in [7, 11) is 0. The zero-order valence-corrected chi connectivity index (χ0v) is 38.9. The first-order chi connectivity index (χ1) is 29.9. The van der Waals surface area contributed by atoms with Gasteiger partial charge in [0, 0.05) is 13.0 Å². The molecule has 354 valence electrons. The van der Waals surface area contributed by atoms with Crippen LogP contribution < -0.4 is 0 Å². The molecule has 0 aromatic heterocycles. The molecule has 6 unspecified atom stereocenters. The largest absolute Gasteiger partial charge is 0.457 e. The maximum absolute atomic E-state index is 12.8. The van der Waals surface area contributed by atoms with Crippen LogP contribution in [0.2, 0.25) is 0 Å². The summed E-state index contributed by atoms with van der Waals surface area (Å²) in [5, 5.41) is 40.2. The summed E-state index contributed by atoms with van der Waals surface area (Å²) in [5.74, 6) is -0.331. The number of carbonyl (C=O) groups excluding carboxylic acids is 1. The first-order valence-corrected chi connectivity index (χ1v) is 24.9. The average Bonchev–Trinajstić information content (AvgIpc) is 3.26. The van der Waals surface area contributed by atoms with Crippen molar-refractivity contribution < 1.29 is 44.2 Å². The summed E-state index contributed by atoms with van der Waals surface area (Å²) < 4.78 is 22.8. The molecule has 4 N–H and O–H groups in total. The number of hydrogen-bond donors (Lipinski definition) is 4. The monoisotopic (exact) mass is 861 g/mol. The van der Waals surface area contributed by atoms with Crippen LogP contribution in [-0.2, 0) is 23.7 Å². The van der Waals surface area contributed by atoms with Crippen molar-refractivity contribution in [3.05, 3.63) is 60.8 Å². The van der Waals surface area contributed by atoms with Gasteiger partial charge in [0.1, 0.15) is 30.5 Å². The smallest absolute Gasteiger partial charge is 0.306 e. The Morgan fingerprint density at radius 3 is 1.48 bits per heavy atom. The van der Waals surface area contributed by atoms with E-state index < -0.39 is 43.4 Å². The molecule has 61 heavy (non-hydrogen) atoms. The van der Waals surface area contributed by atoms with E-state index in [0.717, 1.165) is 70.6 Å². The zero-order chi connectivity index (χ0) is 44.3. The maximum atomic E-state index is 12.8. The number of hydrogen-bond acceptors (Lipinski definition) is 9. The molecule has 0 bridgehead atoms. The minimum absolute atomic E-state index is 0.123. The molecule has 0 saturated carbocycles. The fraction of sp³-hybridized carbons (Fsp3) is 0.788. The number of ether oxygens (including phenoxy) is 4. The van der Waals surface area contributed by atoms with Crippen molar-refractivity contribution in [2.75, 3.05) is 26.4 Å². The summed E-state index contributed by atoms with van der Waals surface area (Å²) >= 11 is 0. The topological polar surface area (TPSA) is 135 Å². The summed E-state index contributed by atoms with van der Waals surface area (Å²) in [5.41, 5.74) is 0. The van der Waals surface area contributed by atoms with Crippen LogP contribution >= 0.6 is 0 Å². The molecule has 0 aromatic rings. The average molecular weight is 861 g/mol. The molecule has 0 amide bonds. The van der Waals surface area contributed by atoms with Crippen molar-refractivity contribution in [3.8, 4) is 0 Å². The minimum atomic E-state index is -1.54. The van der Waals surface area contributed by atoms with Crippen molar-refractivity contribution in [2.45, 2.75) is 237 Å². The second kappa shape index (κ2) is 43.2. The van der Waals surface area contributed by atoms with Gasteiger partial charge in [0.05, 0.1) is 19.8 Å². The van der Waals surface area contributed by atoms with E-state index in [0.29, 0.717) is 13.0 Å². The third-order valence-corrected chi connectivity index (χ3v) is 11.2. The highest BCUT2D eigenvalue weighted by Crippen LogP contribution is 2.22. The van der Waals surface area contributed by atoms with Crippen molar-refractivity contribution in [1.82, 2.24) is 0 Å². The van der Waals surface area contributed by atoms with E-state index in [1.807, 2.05) is 0 Å². The van der Waals surface area contributed by atoms with E-state index in [9.17, 15) is 25.2 Å². The van der Waals surface area contributed by atoms with Gasteiger partial charge >= 0.3 is 5.97 Å². The number of esters is 1. The van der Waals surface area contributed by atoms with E-state index in [1.54, 1.807) is 0 Å². The Morgan fingerprint density at radius 1 is 0.525 bits per heavy atom. The van der Waals surface area contributed by atoms with Crippen LogP contribution in [0.4, 0.5) is 0 Å². The quantitative estimate of drug-likeness (QED) is 0.0269. The summed E-state index contributed by atoms with van der Waals surface area (Å²) in [4.78, 5) is 12.8. The number of aliphatic hydroxyl groups is 4. The molecule has 1 rings (SSSR count). The van der Waals surface area contributed by atoms with Crippen molar-refractivity contribution >= 4 is 5.97 Å². The van der Waals surface area contributed by atoms with Gasteiger partial charge in [-0.05, 0) is 77.0 Å². The fourth-order valence-corrected chi connectivity index (χ4v) is 7.22. The normalized spacial score (nSPS) is 20.4. The summed E-state index contributed by atoms with van der Waals surface area (Å²) in [6, 6.07) is 0. The molecule has 1 saturated heterocycles. The van der Waals surface area contributed by atoms with E-state index in [1.165, 1.54) is 109 Å². The third kappa shape index (κ3) is 34.0. The van der Waals surface area contributed by atoms with Gasteiger partial charge in [-0.3, -0.25) is 4.79 Å². The van der Waals surface area contributed by atoms with Crippen molar-refractivity contribution in [1.29, 1.82) is 0 Å². The predicted octanol–water partition coefficient (Wildman–Crippen LogP) is 11.9. The Hall–Kier alpha value is -2.11. The van der Waals surface area contributed by atoms with Gasteiger partial charge in [-0.25, -0.2) is 0 Å². The van der Waals surface area contributed by atoms with Crippen molar-refractivity contribution in [2.24, 2.45) is 0 Å². The summed E-state index contributed by atoms with van der Waals surface area (Å²) in [6.07, 6.45) is 48.2. The molecular formula is C52H92O9. The van der Waals surface area contributed by atoms with Crippen LogP contribution in [0.1, 0.15) is 200 Å². The molecule has 1 aliphatic rings. The molecule has 0 aromatic carbocycles. The minimum Gasteiger partial charge on any atom is -0.457 e. The Bertz CT molecular complexity index is 1120. The predicted molar refractivity (Wildman–Crippen MR) is 251 cm³/mol. The molecule has 1 aliphatic heterocycles. The number of rotatable bonds is 42. The third-order valence-electron chi connectivity index (χ3n) is 11.2. The van der Waals surface area contributed by atoms with Gasteiger partial charge in [-0.15, -0.1) is 0 Å². The van der Waals surface area contributed by atoms with Gasteiger partial charge in [0.15, 0.2) is 6.29 Å². The highest BCUT2D eigenvalue weighted by Gasteiger charge is 2.44. The Balaban J connectivity index is 2.21. The highest BCUT2D eigenvalue weighted by atomic mass is 16.7. The number of aliphatic hydroxyl groups excluding tert-OH is 4. The van der Waals surface area contributed by atoms with Crippen LogP contribution in [0.3, 0.4) is 0 Å². The first kappa shape index (κ1) is 56.9. The lowest BCUT2D eigenvalue weighted by molar-refractivity contribution is -0.305. The molecule has 9 nitrogen and oxygen atoms in total. The summed E-state index contributed by atoms with van der Waals surface area (Å²) in [6.45, 7) is 4.48. The van der Waals surface area contributed by atoms with Crippen LogP contribution in [0.25, 0.3) is 0 Å². The van der Waals surface area contributed by atoms with E-state index in [4.69, 9.17) is 18.9 Å². The number of unbranched alkanes of at least 4 members (excludes halogenated alkanes) is 21. The van der Waals surface area contributed by atoms with Crippen LogP contribution in [0, 0.1) is 0 Å². The van der Waals surface area contributed by atoms with Crippen LogP contribution in [0.5, 0.6) is 0 Å². The van der Waals surface area contributed by atoms with Gasteiger partial charge in [-0.1, -0.05) is 177 Å². The number of carbonyl (C=O) groups is 1. The van der Waals surface area contributed by atoms with Crippen molar-refractivity contribution in [3.63, 3.8) is 0 Å². The lowest BCUT2D eigenvalue weighted by atomic mass is 9.99. The van der Waals surface area contributed by atoms with Gasteiger partial charge in [-0.2, -0.15) is 0 Å². The Labute approximate surface area is 373 Å². The lowest BCUT2D eigenvalue weighted by Crippen LogP contribution is -2.59. The molecule has 9 heteroatoms. The zero-order valence-electron chi connectivity index (χ0n) is 38.9. The second-order valence-electron chi connectivity index (χ2n) is 16.9. The Morgan fingerprint density at radius 2 is 0.967 bits per heavy atom. The SMILES string of the molecule is CCCC/C=C\C/C=C\CCCCCCCC(=O)OC(COCCCCCCCCCCC/C=C\C/C=C\C/C=C\CCCCCCC)COC1OC(CO)C(O)C(O)C1O. The van der Waals surface area contributed by atoms with Gasteiger partial charge in [0.2, 0.25) is 0 Å². The molecule has 6 atom stereocenters. The molecular weight excluding hydrogens is 769 g/mol. The van der Waals surface area contributed by atoms with E-state index in [-0.39, 0.29) is 19.2 Å². The van der Waals surface area contributed by atoms with E-state index >= 15 is 0 Å². The van der Waals surface area contributed by atoms with E-state index in [2.05, 4.69) is 74.6 Å². The molecule has 0 spiro atoms. The van der Waals surface area contributed by atoms with Crippen LogP contribution in [0.15, 0.2) is 60.8 Å². The second-order valence-corrected chi connectivity index (χ2v) is 16.9. The first-order valence-electron chi connectivity index (χ1n) is 24.9. The Kier molecular flexibility index (Phi) is 40.3. The van der Waals surface area contributed by atoms with Crippen LogP contribution in [-0.4, -0.2) is 89.6 Å². The number of allylic oxidation sites excluding steroid dienone is 10. The molecule has 1 heterocycles. The maximum Gasteiger partial charge on any atom is 0.306 e. The van der Waals surface area contributed by atoms with Gasteiger partial charge in [0.25, 0.3) is 0 Å². The molecule has 1 fully saturated rings. The lowest BCUT2D eigenvalue weighted by Gasteiger charge is -2.39. The standard InChI is InChI=1S/C52H92O9/c1-3-5-7-9-11-13-15-17-19-20-21-22-23-24-25-26-27-28-30-32-34-36-38-40-42-58-44-46(45-59-52-51(57)50(56)49(55)47(43-53)61-52)60-48(54)41-39-37-35-33-31-29-18-16-14-12-10-8-6-4-2/h10,12,15-18,20-21,23-24,46-47,49-53,55-57H,3-9,11,13-14,19,22,25-45H2,1-2H3/b12-10-,17-15-,18-16-,21-20-,24-23-. The highest BCUT2D eigenvalue weighted by molar-refractivity contribution is 5.69.